The van der Waals surface area contributed by atoms with Gasteiger partial charge < -0.3 is 15.5 Å². The Balaban J connectivity index is 1.75. The molecule has 6 heteroatoms. The van der Waals surface area contributed by atoms with Crippen LogP contribution in [0.3, 0.4) is 0 Å². The van der Waals surface area contributed by atoms with Crippen LogP contribution in [0.2, 0.25) is 0 Å². The van der Waals surface area contributed by atoms with E-state index in [0.717, 1.165) is 0 Å². The molecule has 2 aromatic rings. The van der Waals surface area contributed by atoms with Crippen LogP contribution in [-0.2, 0) is 4.79 Å². The first-order valence-electron chi connectivity index (χ1n) is 5.52. The third-order valence-corrected chi connectivity index (χ3v) is 2.26. The predicted molar refractivity (Wildman–Crippen MR) is 68.2 cm³/mol. The summed E-state index contributed by atoms with van der Waals surface area (Å²) in [5.41, 5.74) is 6.27. The van der Waals surface area contributed by atoms with Crippen LogP contribution >= 0.6 is 0 Å². The molecule has 0 fully saturated rings. The molecule has 1 amide bonds. The SMILES string of the molecule is Nc1ccccc1OCCC(=O)Nc1ncc[nH]1. The lowest BCUT2D eigenvalue weighted by molar-refractivity contribution is -0.116. The number of nitrogens with zero attached hydrogens (tertiary/aromatic N) is 1. The molecule has 94 valence electrons. The molecule has 0 aliphatic rings. The van der Waals surface area contributed by atoms with Crippen LogP contribution in [0, 0.1) is 0 Å². The molecule has 18 heavy (non-hydrogen) atoms. The molecule has 1 aromatic heterocycles. The Morgan fingerprint density at radius 3 is 3.00 bits per heavy atom. The van der Waals surface area contributed by atoms with Crippen LogP contribution in [0.15, 0.2) is 36.7 Å². The maximum atomic E-state index is 11.5. The summed E-state index contributed by atoms with van der Waals surface area (Å²) in [5.74, 6) is 0.849. The number of carbonyl (C=O) groups is 1. The first-order chi connectivity index (χ1) is 8.75. The zero-order valence-corrected chi connectivity index (χ0v) is 9.72. The molecule has 0 saturated carbocycles. The second kappa shape index (κ2) is 5.72. The molecule has 2 rings (SSSR count). The highest BCUT2D eigenvalue weighted by Gasteiger charge is 2.05. The minimum absolute atomic E-state index is 0.167. The molecule has 0 radical (unpaired) electrons. The van der Waals surface area contributed by atoms with Crippen molar-refractivity contribution >= 4 is 17.5 Å². The number of ether oxygens (including phenoxy) is 1. The number of anilines is 2. The normalized spacial score (nSPS) is 10.0. The zero-order valence-electron chi connectivity index (χ0n) is 9.72. The summed E-state index contributed by atoms with van der Waals surface area (Å²) in [6, 6.07) is 7.17. The largest absolute Gasteiger partial charge is 0.491 e. The number of para-hydroxylation sites is 2. The monoisotopic (exact) mass is 246 g/mol. The summed E-state index contributed by atoms with van der Waals surface area (Å²) in [6.07, 6.45) is 3.43. The average Bonchev–Trinajstić information content (AvgIpc) is 2.84. The van der Waals surface area contributed by atoms with Gasteiger partial charge in [-0.1, -0.05) is 12.1 Å². The van der Waals surface area contributed by atoms with Crippen molar-refractivity contribution < 1.29 is 9.53 Å². The Kier molecular flexibility index (Phi) is 3.80. The van der Waals surface area contributed by atoms with Crippen molar-refractivity contribution in [3.05, 3.63) is 36.7 Å². The van der Waals surface area contributed by atoms with Crippen molar-refractivity contribution in [2.45, 2.75) is 6.42 Å². The third kappa shape index (κ3) is 3.24. The predicted octanol–water partition coefficient (Wildman–Crippen LogP) is 1.40. The number of H-pyrrole nitrogens is 1. The van der Waals surface area contributed by atoms with Gasteiger partial charge in [0.2, 0.25) is 11.9 Å². The van der Waals surface area contributed by atoms with Gasteiger partial charge in [0, 0.05) is 12.4 Å². The standard InChI is InChI=1S/C12H14N4O2/c13-9-3-1-2-4-10(9)18-8-5-11(17)16-12-14-6-7-15-12/h1-4,6-7H,5,8,13H2,(H2,14,15,16,17). The Bertz CT molecular complexity index is 511. The van der Waals surface area contributed by atoms with Crippen molar-refractivity contribution in [2.75, 3.05) is 17.7 Å². The molecule has 0 bridgehead atoms. The van der Waals surface area contributed by atoms with Crippen LogP contribution in [0.1, 0.15) is 6.42 Å². The molecular weight excluding hydrogens is 232 g/mol. The molecule has 1 heterocycles. The van der Waals surface area contributed by atoms with Crippen LogP contribution in [0.4, 0.5) is 11.6 Å². The van der Waals surface area contributed by atoms with Crippen molar-refractivity contribution in [3.8, 4) is 5.75 Å². The molecule has 1 aromatic carbocycles. The zero-order chi connectivity index (χ0) is 12.8. The highest BCUT2D eigenvalue weighted by Crippen LogP contribution is 2.19. The average molecular weight is 246 g/mol. The Labute approximate surface area is 104 Å². The van der Waals surface area contributed by atoms with Gasteiger partial charge in [-0.25, -0.2) is 4.98 Å². The van der Waals surface area contributed by atoms with Crippen molar-refractivity contribution in [3.63, 3.8) is 0 Å². The van der Waals surface area contributed by atoms with E-state index in [9.17, 15) is 4.79 Å². The first-order valence-corrected chi connectivity index (χ1v) is 5.52. The maximum Gasteiger partial charge on any atom is 0.230 e. The quantitative estimate of drug-likeness (QED) is 0.695. The lowest BCUT2D eigenvalue weighted by Gasteiger charge is -2.08. The minimum Gasteiger partial charge on any atom is -0.491 e. The van der Waals surface area contributed by atoms with E-state index in [2.05, 4.69) is 15.3 Å². The van der Waals surface area contributed by atoms with Gasteiger partial charge in [0.05, 0.1) is 18.7 Å². The maximum absolute atomic E-state index is 11.5. The van der Waals surface area contributed by atoms with Gasteiger partial charge in [-0.05, 0) is 12.1 Å². The summed E-state index contributed by atoms with van der Waals surface area (Å²) in [4.78, 5) is 18.2. The topological polar surface area (TPSA) is 93.0 Å². The number of nitrogens with two attached hydrogens (primary N) is 1. The Morgan fingerprint density at radius 2 is 2.28 bits per heavy atom. The van der Waals surface area contributed by atoms with Gasteiger partial charge in [0.25, 0.3) is 0 Å². The Morgan fingerprint density at radius 1 is 1.44 bits per heavy atom. The smallest absolute Gasteiger partial charge is 0.230 e. The summed E-state index contributed by atoms with van der Waals surface area (Å²) in [7, 11) is 0. The Hall–Kier alpha value is -2.50. The van der Waals surface area contributed by atoms with E-state index < -0.39 is 0 Å². The molecule has 0 spiro atoms. The van der Waals surface area contributed by atoms with Gasteiger partial charge >= 0.3 is 0 Å². The number of nitrogens with one attached hydrogen (secondary N) is 2. The van der Waals surface area contributed by atoms with Crippen molar-refractivity contribution in [1.82, 2.24) is 9.97 Å². The number of aromatic amines is 1. The van der Waals surface area contributed by atoms with Gasteiger partial charge in [0.1, 0.15) is 5.75 Å². The molecule has 0 unspecified atom stereocenters. The highest BCUT2D eigenvalue weighted by atomic mass is 16.5. The van der Waals surface area contributed by atoms with E-state index >= 15 is 0 Å². The highest BCUT2D eigenvalue weighted by molar-refractivity contribution is 5.88. The van der Waals surface area contributed by atoms with Crippen LogP contribution < -0.4 is 15.8 Å². The molecule has 0 atom stereocenters. The fraction of sp³-hybridized carbons (Fsp3) is 0.167. The number of rotatable bonds is 5. The number of hydrogen-bond acceptors (Lipinski definition) is 4. The molecule has 0 saturated heterocycles. The van der Waals surface area contributed by atoms with E-state index in [-0.39, 0.29) is 18.9 Å². The number of hydrogen-bond donors (Lipinski definition) is 3. The number of aromatic nitrogens is 2. The third-order valence-electron chi connectivity index (χ3n) is 2.26. The van der Waals surface area contributed by atoms with Gasteiger partial charge in [-0.2, -0.15) is 0 Å². The first kappa shape index (κ1) is 12.0. The van der Waals surface area contributed by atoms with Gasteiger partial charge in [-0.3, -0.25) is 10.1 Å². The van der Waals surface area contributed by atoms with Crippen LogP contribution in [-0.4, -0.2) is 22.5 Å². The van der Waals surface area contributed by atoms with Crippen molar-refractivity contribution in [2.24, 2.45) is 0 Å². The molecule has 0 aliphatic heterocycles. The number of carbonyl (C=O) groups excluding carboxylic acids is 1. The molecule has 0 aliphatic carbocycles. The number of benzene rings is 1. The summed E-state index contributed by atoms with van der Waals surface area (Å²) < 4.78 is 5.41. The second-order valence-electron chi connectivity index (χ2n) is 3.62. The summed E-state index contributed by atoms with van der Waals surface area (Å²) in [5, 5.41) is 2.61. The lowest BCUT2D eigenvalue weighted by Crippen LogP contribution is -2.16. The summed E-state index contributed by atoms with van der Waals surface area (Å²) in [6.45, 7) is 0.265. The van der Waals surface area contributed by atoms with Gasteiger partial charge in [-0.15, -0.1) is 0 Å². The van der Waals surface area contributed by atoms with E-state index in [0.29, 0.717) is 17.4 Å². The molecule has 6 nitrogen and oxygen atoms in total. The van der Waals surface area contributed by atoms with E-state index in [1.165, 1.54) is 0 Å². The lowest BCUT2D eigenvalue weighted by atomic mass is 10.3. The van der Waals surface area contributed by atoms with Gasteiger partial charge in [0.15, 0.2) is 0 Å². The fourth-order valence-electron chi connectivity index (χ4n) is 1.39. The van der Waals surface area contributed by atoms with Crippen LogP contribution in [0.25, 0.3) is 0 Å². The number of nitrogen functional groups attached to an aromatic ring is 1. The number of imidazole rings is 1. The minimum atomic E-state index is -0.167. The van der Waals surface area contributed by atoms with E-state index in [4.69, 9.17) is 10.5 Å². The molecular formula is C12H14N4O2. The number of amides is 1. The van der Waals surface area contributed by atoms with Crippen molar-refractivity contribution in [1.29, 1.82) is 0 Å². The second-order valence-corrected chi connectivity index (χ2v) is 3.62. The summed E-state index contributed by atoms with van der Waals surface area (Å²) >= 11 is 0. The van der Waals surface area contributed by atoms with E-state index in [1.807, 2.05) is 12.1 Å². The molecule has 4 N–H and O–H groups in total. The van der Waals surface area contributed by atoms with Crippen LogP contribution in [0.5, 0.6) is 5.75 Å². The van der Waals surface area contributed by atoms with E-state index in [1.54, 1.807) is 24.5 Å². The fourth-order valence-corrected chi connectivity index (χ4v) is 1.39.